The van der Waals surface area contributed by atoms with Gasteiger partial charge in [-0.3, -0.25) is 4.90 Å². The van der Waals surface area contributed by atoms with Crippen LogP contribution in [0.25, 0.3) is 0 Å². The summed E-state index contributed by atoms with van der Waals surface area (Å²) in [5, 5.41) is 2.74. The molecule has 0 aliphatic rings. The smallest absolute Gasteiger partial charge is 0.312 e. The van der Waals surface area contributed by atoms with Gasteiger partial charge < -0.3 is 5.32 Å². The Hall–Kier alpha value is -1.28. The summed E-state index contributed by atoms with van der Waals surface area (Å²) in [7, 11) is 2.76. The molecule has 0 heterocycles. The van der Waals surface area contributed by atoms with Crippen molar-refractivity contribution in [3.05, 3.63) is 35.4 Å². The summed E-state index contributed by atoms with van der Waals surface area (Å²) in [4.78, 5) is 1.02. The van der Waals surface area contributed by atoms with E-state index in [1.54, 1.807) is 0 Å². The molecule has 0 bridgehead atoms. The first kappa shape index (κ1) is 17.8. The molecule has 0 spiro atoms. The molecule has 1 unspecified atom stereocenters. The highest BCUT2D eigenvalue weighted by Gasteiger charge is 2.32. The van der Waals surface area contributed by atoms with Crippen molar-refractivity contribution in [2.24, 2.45) is 0 Å². The summed E-state index contributed by atoms with van der Waals surface area (Å²) in [6, 6.07) is 3.95. The van der Waals surface area contributed by atoms with E-state index in [0.717, 1.165) is 17.0 Å². The molecule has 0 fully saturated rings. The lowest BCUT2D eigenvalue weighted by molar-refractivity contribution is -0.143. The van der Waals surface area contributed by atoms with Crippen LogP contribution < -0.4 is 5.32 Å². The molecule has 21 heavy (non-hydrogen) atoms. The Balaban J connectivity index is 2.86. The van der Waals surface area contributed by atoms with Gasteiger partial charge in [-0.15, -0.1) is 0 Å². The summed E-state index contributed by atoms with van der Waals surface area (Å²) < 4.78 is 74.7. The third kappa shape index (κ3) is 5.92. The predicted molar refractivity (Wildman–Crippen MR) is 66.8 cm³/mol. The van der Waals surface area contributed by atoms with E-state index in [1.165, 1.54) is 26.2 Å². The van der Waals surface area contributed by atoms with Crippen molar-refractivity contribution in [1.29, 1.82) is 0 Å². The van der Waals surface area contributed by atoms with Crippen molar-refractivity contribution in [2.45, 2.75) is 18.4 Å². The Kier molecular flexibility index (Phi) is 5.63. The zero-order valence-electron chi connectivity index (χ0n) is 11.5. The first-order chi connectivity index (χ1) is 9.53. The van der Waals surface area contributed by atoms with Crippen LogP contribution in [0.15, 0.2) is 24.3 Å². The molecular formula is C13H16F6N2. The maximum atomic E-state index is 12.6. The third-order valence-corrected chi connectivity index (χ3v) is 2.91. The Bertz CT molecular complexity index is 455. The van der Waals surface area contributed by atoms with Gasteiger partial charge in [-0.2, -0.15) is 26.3 Å². The molecule has 1 rings (SSSR count). The molecule has 1 N–H and O–H groups in total. The average Bonchev–Trinajstić information content (AvgIpc) is 2.33. The summed E-state index contributed by atoms with van der Waals surface area (Å²) >= 11 is 0. The Morgan fingerprint density at radius 3 is 2.24 bits per heavy atom. The average molecular weight is 314 g/mol. The molecule has 0 radical (unpaired) electrons. The number of rotatable bonds is 5. The van der Waals surface area contributed by atoms with Gasteiger partial charge in [0.05, 0.1) is 12.1 Å². The van der Waals surface area contributed by atoms with Crippen molar-refractivity contribution < 1.29 is 26.3 Å². The van der Waals surface area contributed by atoms with Gasteiger partial charge >= 0.3 is 12.4 Å². The van der Waals surface area contributed by atoms with Crippen LogP contribution >= 0.6 is 0 Å². The minimum Gasteiger partial charge on any atom is -0.312 e. The third-order valence-electron chi connectivity index (χ3n) is 2.91. The minimum absolute atomic E-state index is 0.0582. The predicted octanol–water partition coefficient (Wildman–Crippen LogP) is 3.46. The van der Waals surface area contributed by atoms with Crippen molar-refractivity contribution in [3.8, 4) is 0 Å². The van der Waals surface area contributed by atoms with E-state index in [0.29, 0.717) is 5.56 Å². The van der Waals surface area contributed by atoms with Gasteiger partial charge in [0.25, 0.3) is 0 Å². The van der Waals surface area contributed by atoms with Crippen LogP contribution in [-0.4, -0.2) is 38.3 Å². The molecule has 0 aliphatic heterocycles. The number of likely N-dealkylation sites (N-methyl/N-ethyl adjacent to an activating group) is 2. The normalized spacial score (nSPS) is 14.5. The van der Waals surface area contributed by atoms with Crippen LogP contribution in [0.4, 0.5) is 26.3 Å². The molecule has 1 atom stereocenters. The zero-order valence-corrected chi connectivity index (χ0v) is 11.5. The lowest BCUT2D eigenvalue weighted by Crippen LogP contribution is -2.37. The van der Waals surface area contributed by atoms with Crippen LogP contribution in [-0.2, 0) is 6.18 Å². The van der Waals surface area contributed by atoms with Crippen LogP contribution in [0.5, 0.6) is 0 Å². The first-order valence-corrected chi connectivity index (χ1v) is 6.12. The van der Waals surface area contributed by atoms with E-state index in [9.17, 15) is 26.3 Å². The maximum absolute atomic E-state index is 12.6. The Morgan fingerprint density at radius 1 is 1.14 bits per heavy atom. The molecule has 0 aromatic heterocycles. The molecule has 1 aromatic rings. The second kappa shape index (κ2) is 6.65. The van der Waals surface area contributed by atoms with Gasteiger partial charge in [-0.1, -0.05) is 12.1 Å². The number of hydrogen-bond acceptors (Lipinski definition) is 2. The molecular weight excluding hydrogens is 298 g/mol. The molecule has 2 nitrogen and oxygen atoms in total. The van der Waals surface area contributed by atoms with E-state index in [2.05, 4.69) is 5.32 Å². The molecule has 8 heteroatoms. The zero-order chi connectivity index (χ0) is 16.3. The van der Waals surface area contributed by atoms with E-state index < -0.39 is 30.5 Å². The summed E-state index contributed by atoms with van der Waals surface area (Å²) in [6.07, 6.45) is -8.83. The Labute approximate surface area is 118 Å². The summed E-state index contributed by atoms with van der Waals surface area (Å²) in [5.41, 5.74) is -0.528. The monoisotopic (exact) mass is 314 g/mol. The topological polar surface area (TPSA) is 15.3 Å². The number of nitrogens with zero attached hydrogens (tertiary/aromatic N) is 1. The summed E-state index contributed by atoms with van der Waals surface area (Å²) in [6.45, 7) is -1.18. The van der Waals surface area contributed by atoms with Gasteiger partial charge in [0.2, 0.25) is 0 Å². The molecule has 0 saturated carbocycles. The fourth-order valence-corrected chi connectivity index (χ4v) is 1.98. The highest BCUT2D eigenvalue weighted by atomic mass is 19.4. The number of nitrogens with one attached hydrogen (secondary N) is 1. The molecule has 0 saturated heterocycles. The maximum Gasteiger partial charge on any atom is 0.416 e. The molecule has 120 valence electrons. The highest BCUT2D eigenvalue weighted by Crippen LogP contribution is 2.31. The van der Waals surface area contributed by atoms with Crippen LogP contribution in [0.3, 0.4) is 0 Å². The molecule has 1 aromatic carbocycles. The van der Waals surface area contributed by atoms with E-state index in [1.807, 2.05) is 0 Å². The fraction of sp³-hybridized carbons (Fsp3) is 0.538. The highest BCUT2D eigenvalue weighted by molar-refractivity contribution is 5.28. The van der Waals surface area contributed by atoms with Gasteiger partial charge in [0, 0.05) is 12.6 Å². The number of hydrogen-bond donors (Lipinski definition) is 1. The van der Waals surface area contributed by atoms with Crippen LogP contribution in [0.1, 0.15) is 17.2 Å². The largest absolute Gasteiger partial charge is 0.416 e. The lowest BCUT2D eigenvalue weighted by atomic mass is 10.0. The number of alkyl halides is 6. The van der Waals surface area contributed by atoms with Gasteiger partial charge in [-0.25, -0.2) is 0 Å². The van der Waals surface area contributed by atoms with E-state index >= 15 is 0 Å². The summed E-state index contributed by atoms with van der Waals surface area (Å²) in [5.74, 6) is 0. The fourth-order valence-electron chi connectivity index (χ4n) is 1.98. The van der Waals surface area contributed by atoms with Gasteiger partial charge in [0.15, 0.2) is 0 Å². The molecule has 0 amide bonds. The van der Waals surface area contributed by atoms with Gasteiger partial charge in [-0.05, 0) is 31.8 Å². The number of halogens is 6. The van der Waals surface area contributed by atoms with Crippen molar-refractivity contribution in [3.63, 3.8) is 0 Å². The standard InChI is InChI=1S/C13H16F6N2/c1-20-11(7-21(2)8-12(14,15)16)9-4-3-5-10(6-9)13(17,18)19/h3-6,11,20H,7-8H2,1-2H3. The van der Waals surface area contributed by atoms with Crippen molar-refractivity contribution in [1.82, 2.24) is 10.2 Å². The first-order valence-electron chi connectivity index (χ1n) is 6.12. The lowest BCUT2D eigenvalue weighted by Gasteiger charge is -2.25. The van der Waals surface area contributed by atoms with Crippen LogP contribution in [0, 0.1) is 0 Å². The Morgan fingerprint density at radius 2 is 1.76 bits per heavy atom. The van der Waals surface area contributed by atoms with E-state index in [4.69, 9.17) is 0 Å². The second-order valence-electron chi connectivity index (χ2n) is 4.78. The second-order valence-corrected chi connectivity index (χ2v) is 4.78. The van der Waals surface area contributed by atoms with Crippen molar-refractivity contribution in [2.75, 3.05) is 27.2 Å². The number of benzene rings is 1. The van der Waals surface area contributed by atoms with Crippen molar-refractivity contribution >= 4 is 0 Å². The molecule has 0 aliphatic carbocycles. The van der Waals surface area contributed by atoms with E-state index in [-0.39, 0.29) is 6.54 Å². The van der Waals surface area contributed by atoms with Gasteiger partial charge in [0.1, 0.15) is 0 Å². The minimum atomic E-state index is -4.48. The quantitative estimate of drug-likeness (QED) is 0.837. The van der Waals surface area contributed by atoms with Crippen LogP contribution in [0.2, 0.25) is 0 Å². The SMILES string of the molecule is CNC(CN(C)CC(F)(F)F)c1cccc(C(F)(F)F)c1.